The third kappa shape index (κ3) is 4.50. The summed E-state index contributed by atoms with van der Waals surface area (Å²) in [5, 5.41) is 10.3. The fraction of sp³-hybridized carbons (Fsp3) is 0.300. The van der Waals surface area contributed by atoms with E-state index in [4.69, 9.17) is 0 Å². The summed E-state index contributed by atoms with van der Waals surface area (Å²) >= 11 is 0. The summed E-state index contributed by atoms with van der Waals surface area (Å²) < 4.78 is 39.4. The molecule has 0 saturated carbocycles. The highest BCUT2D eigenvalue weighted by molar-refractivity contribution is 5.97. The molecule has 0 spiro atoms. The van der Waals surface area contributed by atoms with E-state index >= 15 is 0 Å². The number of carbonyl (C=O) groups is 1. The molecular formula is C10H8F3NO4. The largest absolute Gasteiger partial charge is 0.411 e. The molecule has 0 aliphatic carbocycles. The van der Waals surface area contributed by atoms with Crippen LogP contribution in [0.25, 0.3) is 0 Å². The molecule has 0 atom stereocenters. The average Bonchev–Trinajstić information content (AvgIpc) is 2.27. The van der Waals surface area contributed by atoms with Crippen LogP contribution in [-0.2, 0) is 4.74 Å². The monoisotopic (exact) mass is 263 g/mol. The lowest BCUT2D eigenvalue weighted by atomic mass is 10.1. The average molecular weight is 263 g/mol. The molecule has 0 unspecified atom stereocenters. The SMILES string of the molecule is O=C(COCC(F)(F)F)c1ccc([N+](=O)[O-])cc1. The minimum Gasteiger partial charge on any atom is -0.364 e. The molecule has 0 saturated heterocycles. The van der Waals surface area contributed by atoms with E-state index in [1.54, 1.807) is 0 Å². The van der Waals surface area contributed by atoms with Crippen molar-refractivity contribution in [3.8, 4) is 0 Å². The number of non-ortho nitro benzene ring substituents is 1. The first kappa shape index (κ1) is 14.1. The van der Waals surface area contributed by atoms with Crippen molar-refractivity contribution < 1.29 is 27.6 Å². The summed E-state index contributed by atoms with van der Waals surface area (Å²) in [6.07, 6.45) is -4.49. The smallest absolute Gasteiger partial charge is 0.364 e. The molecule has 18 heavy (non-hydrogen) atoms. The summed E-state index contributed by atoms with van der Waals surface area (Å²) in [4.78, 5) is 21.0. The number of benzene rings is 1. The maximum Gasteiger partial charge on any atom is 0.411 e. The molecule has 98 valence electrons. The van der Waals surface area contributed by atoms with Crippen LogP contribution in [0.15, 0.2) is 24.3 Å². The highest BCUT2D eigenvalue weighted by atomic mass is 19.4. The third-order valence-corrected chi connectivity index (χ3v) is 1.90. The van der Waals surface area contributed by atoms with Crippen LogP contribution >= 0.6 is 0 Å². The standard InChI is InChI=1S/C10H8F3NO4/c11-10(12,13)6-18-5-9(15)7-1-3-8(4-2-7)14(16)17/h1-4H,5-6H2. The number of ether oxygens (including phenoxy) is 1. The molecule has 0 aliphatic rings. The maximum atomic E-state index is 11.7. The molecule has 0 radical (unpaired) electrons. The Balaban J connectivity index is 2.54. The van der Waals surface area contributed by atoms with Crippen molar-refractivity contribution in [2.75, 3.05) is 13.2 Å². The summed E-state index contributed by atoms with van der Waals surface area (Å²) in [6.45, 7) is -2.23. The Kier molecular flexibility index (Phi) is 4.38. The topological polar surface area (TPSA) is 69.4 Å². The van der Waals surface area contributed by atoms with Gasteiger partial charge in [0.15, 0.2) is 5.78 Å². The fourth-order valence-electron chi connectivity index (χ4n) is 1.11. The number of Topliss-reactive ketones (excluding diaryl/α,β-unsaturated/α-hetero) is 1. The zero-order valence-electron chi connectivity index (χ0n) is 8.94. The highest BCUT2D eigenvalue weighted by Gasteiger charge is 2.27. The van der Waals surface area contributed by atoms with Gasteiger partial charge in [0.25, 0.3) is 5.69 Å². The minimum atomic E-state index is -4.49. The minimum absolute atomic E-state index is 0.0581. The van der Waals surface area contributed by atoms with Gasteiger partial charge in [-0.3, -0.25) is 14.9 Å². The number of nitrogens with zero attached hydrogens (tertiary/aromatic N) is 1. The fourth-order valence-corrected chi connectivity index (χ4v) is 1.11. The van der Waals surface area contributed by atoms with Gasteiger partial charge >= 0.3 is 6.18 Å². The number of nitro benzene ring substituents is 1. The molecule has 1 rings (SSSR count). The number of carbonyl (C=O) groups excluding carboxylic acids is 1. The van der Waals surface area contributed by atoms with E-state index in [1.165, 1.54) is 0 Å². The van der Waals surface area contributed by atoms with Crippen LogP contribution in [0.3, 0.4) is 0 Å². The lowest BCUT2D eigenvalue weighted by Gasteiger charge is -2.06. The van der Waals surface area contributed by atoms with E-state index in [0.717, 1.165) is 24.3 Å². The van der Waals surface area contributed by atoms with E-state index in [1.807, 2.05) is 0 Å². The molecule has 5 nitrogen and oxygen atoms in total. The number of rotatable bonds is 5. The van der Waals surface area contributed by atoms with Gasteiger partial charge in [0.2, 0.25) is 0 Å². The highest BCUT2D eigenvalue weighted by Crippen LogP contribution is 2.15. The van der Waals surface area contributed by atoms with Crippen molar-refractivity contribution in [3.05, 3.63) is 39.9 Å². The second kappa shape index (κ2) is 5.58. The number of hydrogen-bond acceptors (Lipinski definition) is 4. The van der Waals surface area contributed by atoms with Gasteiger partial charge in [-0.1, -0.05) is 0 Å². The lowest BCUT2D eigenvalue weighted by molar-refractivity contribution is -0.384. The first-order valence-corrected chi connectivity index (χ1v) is 4.72. The van der Waals surface area contributed by atoms with Crippen LogP contribution in [-0.4, -0.2) is 30.1 Å². The van der Waals surface area contributed by atoms with Crippen LogP contribution < -0.4 is 0 Å². The van der Waals surface area contributed by atoms with E-state index in [-0.39, 0.29) is 11.3 Å². The zero-order chi connectivity index (χ0) is 13.8. The summed E-state index contributed by atoms with van der Waals surface area (Å²) in [6, 6.07) is 4.52. The normalized spacial score (nSPS) is 11.3. The number of ketones is 1. The molecule has 0 amide bonds. The van der Waals surface area contributed by atoms with Gasteiger partial charge in [-0.25, -0.2) is 0 Å². The van der Waals surface area contributed by atoms with Gasteiger partial charge in [-0.05, 0) is 12.1 Å². The zero-order valence-corrected chi connectivity index (χ0v) is 8.94. The van der Waals surface area contributed by atoms with Crippen molar-refractivity contribution in [1.29, 1.82) is 0 Å². The Hall–Kier alpha value is -1.96. The summed E-state index contributed by atoms with van der Waals surface area (Å²) in [5.41, 5.74) is -0.148. The maximum absolute atomic E-state index is 11.7. The number of nitro groups is 1. The predicted molar refractivity (Wildman–Crippen MR) is 54.3 cm³/mol. The second-order valence-electron chi connectivity index (χ2n) is 3.34. The first-order chi connectivity index (χ1) is 8.29. The Morgan fingerprint density at radius 1 is 1.28 bits per heavy atom. The number of hydrogen-bond donors (Lipinski definition) is 0. The number of halogens is 3. The van der Waals surface area contributed by atoms with Crippen molar-refractivity contribution in [2.24, 2.45) is 0 Å². The molecular weight excluding hydrogens is 255 g/mol. The molecule has 0 fully saturated rings. The Labute approximate surface area is 99.3 Å². The van der Waals surface area contributed by atoms with Crippen molar-refractivity contribution in [3.63, 3.8) is 0 Å². The van der Waals surface area contributed by atoms with Crippen molar-refractivity contribution >= 4 is 11.5 Å². The Morgan fingerprint density at radius 3 is 2.28 bits per heavy atom. The van der Waals surface area contributed by atoms with Gasteiger partial charge < -0.3 is 4.74 Å². The first-order valence-electron chi connectivity index (χ1n) is 4.72. The van der Waals surface area contributed by atoms with Gasteiger partial charge in [-0.15, -0.1) is 0 Å². The molecule has 0 N–H and O–H groups in total. The van der Waals surface area contributed by atoms with E-state index in [0.29, 0.717) is 0 Å². The van der Waals surface area contributed by atoms with Crippen LogP contribution in [0.2, 0.25) is 0 Å². The van der Waals surface area contributed by atoms with E-state index in [9.17, 15) is 28.1 Å². The molecule has 0 aromatic heterocycles. The molecule has 0 bridgehead atoms. The van der Waals surface area contributed by atoms with Crippen LogP contribution in [0.5, 0.6) is 0 Å². The van der Waals surface area contributed by atoms with Crippen LogP contribution in [0, 0.1) is 10.1 Å². The van der Waals surface area contributed by atoms with Crippen LogP contribution in [0.4, 0.5) is 18.9 Å². The van der Waals surface area contributed by atoms with Crippen LogP contribution in [0.1, 0.15) is 10.4 Å². The quantitative estimate of drug-likeness (QED) is 0.464. The number of alkyl halides is 3. The van der Waals surface area contributed by atoms with Gasteiger partial charge in [0, 0.05) is 17.7 Å². The molecule has 8 heteroatoms. The van der Waals surface area contributed by atoms with Gasteiger partial charge in [0.05, 0.1) is 4.92 Å². The van der Waals surface area contributed by atoms with Gasteiger partial charge in [0.1, 0.15) is 13.2 Å². The lowest BCUT2D eigenvalue weighted by Crippen LogP contribution is -2.20. The van der Waals surface area contributed by atoms with Crippen molar-refractivity contribution in [1.82, 2.24) is 0 Å². The predicted octanol–water partition coefficient (Wildman–Crippen LogP) is 2.36. The molecule has 0 aliphatic heterocycles. The Morgan fingerprint density at radius 2 is 1.83 bits per heavy atom. The molecule has 0 heterocycles. The summed E-state index contributed by atoms with van der Waals surface area (Å²) in [7, 11) is 0. The summed E-state index contributed by atoms with van der Waals surface area (Å²) in [5.74, 6) is -0.672. The third-order valence-electron chi connectivity index (χ3n) is 1.90. The van der Waals surface area contributed by atoms with E-state index < -0.39 is 30.1 Å². The second-order valence-corrected chi connectivity index (χ2v) is 3.34. The Bertz CT molecular complexity index is 441. The molecule has 1 aromatic carbocycles. The molecule has 1 aromatic rings. The van der Waals surface area contributed by atoms with Crippen molar-refractivity contribution in [2.45, 2.75) is 6.18 Å². The van der Waals surface area contributed by atoms with Gasteiger partial charge in [-0.2, -0.15) is 13.2 Å². The van der Waals surface area contributed by atoms with E-state index in [2.05, 4.69) is 4.74 Å².